The molecule has 0 aliphatic carbocycles. The quantitative estimate of drug-likeness (QED) is 0.567. The predicted octanol–water partition coefficient (Wildman–Crippen LogP) is 0.664. The van der Waals surface area contributed by atoms with Gasteiger partial charge in [0.1, 0.15) is 0 Å². The molecule has 2 nitrogen and oxygen atoms in total. The Hall–Kier alpha value is 0.210. The van der Waals surface area contributed by atoms with Crippen LogP contribution in [0.3, 0.4) is 0 Å². The third-order valence-corrected chi connectivity index (χ3v) is 2.43. The molecule has 0 bridgehead atoms. The highest BCUT2D eigenvalue weighted by Gasteiger charge is 2.29. The van der Waals surface area contributed by atoms with Crippen LogP contribution in [0.1, 0.15) is 6.42 Å². The van der Waals surface area contributed by atoms with Gasteiger partial charge < -0.3 is 10.1 Å². The van der Waals surface area contributed by atoms with Crippen LogP contribution in [0.4, 0.5) is 0 Å². The monoisotopic (exact) mass is 163 g/mol. The van der Waals surface area contributed by atoms with E-state index in [1.54, 1.807) is 0 Å². The maximum Gasteiger partial charge on any atom is 0.0510 e. The highest BCUT2D eigenvalue weighted by atomic mass is 35.5. The molecular formula is C7H14ClNO. The Morgan fingerprint density at radius 3 is 2.80 bits per heavy atom. The second-order valence-electron chi connectivity index (χ2n) is 3.05. The summed E-state index contributed by atoms with van der Waals surface area (Å²) in [6, 6.07) is 0. The number of hydrogen-bond donors (Lipinski definition) is 1. The van der Waals surface area contributed by atoms with E-state index in [0.29, 0.717) is 0 Å². The Morgan fingerprint density at radius 1 is 1.20 bits per heavy atom. The van der Waals surface area contributed by atoms with Crippen LogP contribution in [0.2, 0.25) is 0 Å². The van der Waals surface area contributed by atoms with Gasteiger partial charge in [-0.05, 0) is 24.8 Å². The van der Waals surface area contributed by atoms with Gasteiger partial charge in [-0.3, -0.25) is 0 Å². The summed E-state index contributed by atoms with van der Waals surface area (Å²) in [7, 11) is 0. The van der Waals surface area contributed by atoms with Crippen molar-refractivity contribution in [3.8, 4) is 0 Å². The number of nitrogens with one attached hydrogen (secondary N) is 1. The van der Waals surface area contributed by atoms with Crippen LogP contribution in [0.15, 0.2) is 0 Å². The fourth-order valence-electron chi connectivity index (χ4n) is 1.76. The van der Waals surface area contributed by atoms with Crippen LogP contribution >= 0.6 is 12.4 Å². The Morgan fingerprint density at radius 2 is 2.00 bits per heavy atom. The molecule has 0 unspecified atom stereocenters. The molecule has 10 heavy (non-hydrogen) atoms. The lowest BCUT2D eigenvalue weighted by atomic mass is 9.90. The van der Waals surface area contributed by atoms with Gasteiger partial charge in [0, 0.05) is 13.2 Å². The summed E-state index contributed by atoms with van der Waals surface area (Å²) in [5.74, 6) is 1.71. The van der Waals surface area contributed by atoms with Gasteiger partial charge in [-0.15, -0.1) is 12.4 Å². The topological polar surface area (TPSA) is 21.3 Å². The minimum atomic E-state index is 0. The third kappa shape index (κ3) is 1.44. The van der Waals surface area contributed by atoms with Gasteiger partial charge >= 0.3 is 0 Å². The molecule has 0 saturated carbocycles. The summed E-state index contributed by atoms with van der Waals surface area (Å²) in [4.78, 5) is 0. The van der Waals surface area contributed by atoms with Gasteiger partial charge in [0.05, 0.1) is 6.61 Å². The summed E-state index contributed by atoms with van der Waals surface area (Å²) >= 11 is 0. The molecule has 2 heterocycles. The Labute approximate surface area is 67.7 Å². The third-order valence-electron chi connectivity index (χ3n) is 2.43. The summed E-state index contributed by atoms with van der Waals surface area (Å²) in [6.45, 7) is 4.40. The zero-order valence-electron chi connectivity index (χ0n) is 6.01. The van der Waals surface area contributed by atoms with Crippen molar-refractivity contribution in [2.75, 3.05) is 26.3 Å². The van der Waals surface area contributed by atoms with Crippen LogP contribution < -0.4 is 5.32 Å². The van der Waals surface area contributed by atoms with Crippen molar-refractivity contribution >= 4 is 12.4 Å². The van der Waals surface area contributed by atoms with Gasteiger partial charge in [0.2, 0.25) is 0 Å². The van der Waals surface area contributed by atoms with Crippen molar-refractivity contribution < 1.29 is 4.74 Å². The van der Waals surface area contributed by atoms with E-state index in [2.05, 4.69) is 5.32 Å². The summed E-state index contributed by atoms with van der Waals surface area (Å²) in [6.07, 6.45) is 1.32. The van der Waals surface area contributed by atoms with E-state index in [-0.39, 0.29) is 12.4 Å². The Balaban J connectivity index is 0.000000500. The molecule has 0 aromatic heterocycles. The lowest BCUT2D eigenvalue weighted by Gasteiger charge is -2.23. The first-order valence-electron chi connectivity index (χ1n) is 3.75. The van der Waals surface area contributed by atoms with E-state index < -0.39 is 0 Å². The van der Waals surface area contributed by atoms with E-state index in [9.17, 15) is 0 Å². The normalized spacial score (nSPS) is 38.4. The molecule has 0 aromatic carbocycles. The van der Waals surface area contributed by atoms with E-state index in [1.807, 2.05) is 0 Å². The molecule has 2 atom stereocenters. The van der Waals surface area contributed by atoms with Gasteiger partial charge in [-0.25, -0.2) is 0 Å². The highest BCUT2D eigenvalue weighted by molar-refractivity contribution is 5.85. The average Bonchev–Trinajstić information content (AvgIpc) is 2.33. The van der Waals surface area contributed by atoms with Crippen molar-refractivity contribution in [2.45, 2.75) is 6.42 Å². The predicted molar refractivity (Wildman–Crippen MR) is 42.5 cm³/mol. The van der Waals surface area contributed by atoms with Crippen LogP contribution in [-0.2, 0) is 4.74 Å². The van der Waals surface area contributed by atoms with Crippen molar-refractivity contribution in [1.82, 2.24) is 5.32 Å². The SMILES string of the molecule is C1C[C@H]2COC[C@H]2CN1.Cl. The second-order valence-corrected chi connectivity index (χ2v) is 3.05. The number of piperidine rings is 1. The average molecular weight is 164 g/mol. The smallest absolute Gasteiger partial charge is 0.0510 e. The lowest BCUT2D eigenvalue weighted by molar-refractivity contribution is 0.182. The molecule has 0 radical (unpaired) electrons. The molecule has 1 N–H and O–H groups in total. The van der Waals surface area contributed by atoms with Crippen LogP contribution in [0.25, 0.3) is 0 Å². The van der Waals surface area contributed by atoms with Crippen molar-refractivity contribution in [3.63, 3.8) is 0 Å². The maximum atomic E-state index is 5.35. The van der Waals surface area contributed by atoms with E-state index in [4.69, 9.17) is 4.74 Å². The minimum absolute atomic E-state index is 0. The number of ether oxygens (including phenoxy) is 1. The lowest BCUT2D eigenvalue weighted by Crippen LogP contribution is -2.35. The number of halogens is 1. The fourth-order valence-corrected chi connectivity index (χ4v) is 1.76. The molecule has 0 aromatic rings. The first-order chi connectivity index (χ1) is 4.47. The minimum Gasteiger partial charge on any atom is -0.381 e. The van der Waals surface area contributed by atoms with E-state index in [0.717, 1.165) is 25.0 Å². The summed E-state index contributed by atoms with van der Waals surface area (Å²) in [5, 5.41) is 3.38. The number of hydrogen-bond acceptors (Lipinski definition) is 2. The highest BCUT2D eigenvalue weighted by Crippen LogP contribution is 2.25. The van der Waals surface area contributed by atoms with Crippen LogP contribution in [-0.4, -0.2) is 26.3 Å². The molecule has 0 spiro atoms. The molecule has 0 amide bonds. The molecule has 2 aliphatic rings. The first kappa shape index (κ1) is 8.31. The van der Waals surface area contributed by atoms with Gasteiger partial charge in [0.15, 0.2) is 0 Å². The molecule has 2 fully saturated rings. The van der Waals surface area contributed by atoms with E-state index in [1.165, 1.54) is 19.5 Å². The molecule has 3 heteroatoms. The molecule has 2 rings (SSSR count). The second kappa shape index (κ2) is 3.56. The fraction of sp³-hybridized carbons (Fsp3) is 1.00. The summed E-state index contributed by atoms with van der Waals surface area (Å²) in [5.41, 5.74) is 0. The van der Waals surface area contributed by atoms with Gasteiger partial charge in [0.25, 0.3) is 0 Å². The molecule has 60 valence electrons. The van der Waals surface area contributed by atoms with Crippen LogP contribution in [0, 0.1) is 11.8 Å². The zero-order valence-corrected chi connectivity index (χ0v) is 6.82. The molecule has 2 aliphatic heterocycles. The summed E-state index contributed by atoms with van der Waals surface area (Å²) < 4.78 is 5.35. The van der Waals surface area contributed by atoms with E-state index >= 15 is 0 Å². The standard InChI is InChI=1S/C7H13NO.ClH/c1-2-8-3-7-5-9-4-6(1)7;/h6-8H,1-5H2;1H/t6-,7+;/m0./s1. The zero-order chi connectivity index (χ0) is 6.10. The Bertz CT molecular complexity index is 97.8. The molecule has 2 saturated heterocycles. The van der Waals surface area contributed by atoms with Crippen molar-refractivity contribution in [3.05, 3.63) is 0 Å². The Kier molecular flexibility index (Phi) is 2.96. The molecular weight excluding hydrogens is 150 g/mol. The largest absolute Gasteiger partial charge is 0.381 e. The number of rotatable bonds is 0. The first-order valence-corrected chi connectivity index (χ1v) is 3.75. The van der Waals surface area contributed by atoms with Crippen molar-refractivity contribution in [2.24, 2.45) is 11.8 Å². The van der Waals surface area contributed by atoms with Crippen molar-refractivity contribution in [1.29, 1.82) is 0 Å². The van der Waals surface area contributed by atoms with Gasteiger partial charge in [-0.1, -0.05) is 0 Å². The van der Waals surface area contributed by atoms with Gasteiger partial charge in [-0.2, -0.15) is 0 Å². The number of fused-ring (bicyclic) bond motifs is 1. The van der Waals surface area contributed by atoms with Crippen LogP contribution in [0.5, 0.6) is 0 Å². The maximum absolute atomic E-state index is 5.35.